The SMILES string of the molecule is O=C1COc2ccc(CN3CCC(c4nnc5n4CCC5)CC3)cc2N1. The molecule has 1 amide bonds. The highest BCUT2D eigenvalue weighted by molar-refractivity contribution is 5.95. The maximum atomic E-state index is 11.5. The molecule has 136 valence electrons. The number of anilines is 1. The third-order valence-electron chi connectivity index (χ3n) is 5.67. The highest BCUT2D eigenvalue weighted by Crippen LogP contribution is 2.32. The van der Waals surface area contributed by atoms with E-state index in [0.29, 0.717) is 5.92 Å². The van der Waals surface area contributed by atoms with E-state index in [1.54, 1.807) is 0 Å². The van der Waals surface area contributed by atoms with E-state index >= 15 is 0 Å². The maximum absolute atomic E-state index is 11.5. The molecule has 0 bridgehead atoms. The van der Waals surface area contributed by atoms with Gasteiger partial charge >= 0.3 is 0 Å². The second-order valence-corrected chi connectivity index (χ2v) is 7.45. The van der Waals surface area contributed by atoms with Crippen LogP contribution in [0.15, 0.2) is 18.2 Å². The van der Waals surface area contributed by atoms with Gasteiger partial charge in [-0.2, -0.15) is 0 Å². The molecule has 2 aromatic rings. The number of aryl methyl sites for hydroxylation is 1. The Labute approximate surface area is 152 Å². The van der Waals surface area contributed by atoms with E-state index in [0.717, 1.165) is 56.9 Å². The largest absolute Gasteiger partial charge is 0.482 e. The molecule has 0 unspecified atom stereocenters. The van der Waals surface area contributed by atoms with Crippen LogP contribution in [0, 0.1) is 0 Å². The number of benzene rings is 1. The Morgan fingerprint density at radius 1 is 1.19 bits per heavy atom. The van der Waals surface area contributed by atoms with Gasteiger partial charge in [0.05, 0.1) is 5.69 Å². The Kier molecular flexibility index (Phi) is 3.89. The van der Waals surface area contributed by atoms with E-state index in [4.69, 9.17) is 4.74 Å². The van der Waals surface area contributed by atoms with Crippen molar-refractivity contribution in [2.24, 2.45) is 0 Å². The summed E-state index contributed by atoms with van der Waals surface area (Å²) in [5.41, 5.74) is 1.99. The van der Waals surface area contributed by atoms with Crippen LogP contribution in [0.5, 0.6) is 5.75 Å². The van der Waals surface area contributed by atoms with Crippen LogP contribution in [0.2, 0.25) is 0 Å². The highest BCUT2D eigenvalue weighted by atomic mass is 16.5. The van der Waals surface area contributed by atoms with E-state index in [2.05, 4.69) is 31.0 Å². The van der Waals surface area contributed by atoms with Crippen LogP contribution in [0.4, 0.5) is 5.69 Å². The standard InChI is InChI=1S/C19H23N5O2/c25-18-12-26-16-4-3-13(10-15(16)20-18)11-23-8-5-14(6-9-23)19-22-21-17-2-1-7-24(17)19/h3-4,10,14H,1-2,5-9,11-12H2,(H,20,25). The van der Waals surface area contributed by atoms with Gasteiger partial charge < -0.3 is 14.6 Å². The van der Waals surface area contributed by atoms with Gasteiger partial charge in [0.25, 0.3) is 5.91 Å². The van der Waals surface area contributed by atoms with Crippen LogP contribution in [0.3, 0.4) is 0 Å². The lowest BCUT2D eigenvalue weighted by atomic mass is 9.95. The van der Waals surface area contributed by atoms with Gasteiger partial charge in [-0.25, -0.2) is 0 Å². The number of nitrogens with zero attached hydrogens (tertiary/aromatic N) is 4. The van der Waals surface area contributed by atoms with Crippen molar-refractivity contribution in [3.63, 3.8) is 0 Å². The Balaban J connectivity index is 1.22. The number of fused-ring (bicyclic) bond motifs is 2. The smallest absolute Gasteiger partial charge is 0.262 e. The first-order valence-electron chi connectivity index (χ1n) is 9.46. The Morgan fingerprint density at radius 2 is 2.08 bits per heavy atom. The number of rotatable bonds is 3. The molecule has 5 rings (SSSR count). The fourth-order valence-electron chi connectivity index (χ4n) is 4.31. The molecule has 1 fully saturated rings. The molecule has 26 heavy (non-hydrogen) atoms. The second-order valence-electron chi connectivity index (χ2n) is 7.45. The lowest BCUT2D eigenvalue weighted by Crippen LogP contribution is -2.33. The number of carbonyl (C=O) groups excluding carboxylic acids is 1. The minimum Gasteiger partial charge on any atom is -0.482 e. The van der Waals surface area contributed by atoms with Gasteiger partial charge in [0, 0.05) is 25.4 Å². The molecule has 1 aromatic carbocycles. The van der Waals surface area contributed by atoms with Crippen molar-refractivity contribution < 1.29 is 9.53 Å². The van der Waals surface area contributed by atoms with Crippen LogP contribution in [-0.4, -0.2) is 45.3 Å². The first kappa shape index (κ1) is 15.8. The van der Waals surface area contributed by atoms with E-state index < -0.39 is 0 Å². The molecule has 0 atom stereocenters. The number of piperidine rings is 1. The van der Waals surface area contributed by atoms with Gasteiger partial charge in [0.2, 0.25) is 0 Å². The van der Waals surface area contributed by atoms with Gasteiger partial charge in [-0.3, -0.25) is 9.69 Å². The third-order valence-corrected chi connectivity index (χ3v) is 5.67. The molecule has 7 heteroatoms. The molecule has 7 nitrogen and oxygen atoms in total. The summed E-state index contributed by atoms with van der Waals surface area (Å²) < 4.78 is 7.77. The quantitative estimate of drug-likeness (QED) is 0.913. The molecule has 0 spiro atoms. The summed E-state index contributed by atoms with van der Waals surface area (Å²) in [4.78, 5) is 14.0. The molecule has 0 saturated carbocycles. The molecule has 3 aliphatic rings. The minimum atomic E-state index is -0.0868. The van der Waals surface area contributed by atoms with Gasteiger partial charge in [0.1, 0.15) is 17.4 Å². The summed E-state index contributed by atoms with van der Waals surface area (Å²) >= 11 is 0. The second kappa shape index (κ2) is 6.39. The fourth-order valence-corrected chi connectivity index (χ4v) is 4.31. The maximum Gasteiger partial charge on any atom is 0.262 e. The van der Waals surface area contributed by atoms with Crippen LogP contribution in [-0.2, 0) is 24.3 Å². The lowest BCUT2D eigenvalue weighted by Gasteiger charge is -2.31. The zero-order valence-corrected chi connectivity index (χ0v) is 14.8. The number of ether oxygens (including phenoxy) is 1. The Hall–Kier alpha value is -2.41. The predicted molar refractivity (Wildman–Crippen MR) is 96.2 cm³/mol. The van der Waals surface area contributed by atoms with E-state index in [9.17, 15) is 4.79 Å². The number of nitrogens with one attached hydrogen (secondary N) is 1. The van der Waals surface area contributed by atoms with Crippen LogP contribution >= 0.6 is 0 Å². The number of hydrogen-bond acceptors (Lipinski definition) is 5. The molecule has 1 N–H and O–H groups in total. The number of carbonyl (C=O) groups is 1. The molecular weight excluding hydrogens is 330 g/mol. The van der Waals surface area contributed by atoms with Crippen LogP contribution in [0.25, 0.3) is 0 Å². The van der Waals surface area contributed by atoms with Gasteiger partial charge in [-0.1, -0.05) is 6.07 Å². The molecule has 1 saturated heterocycles. The van der Waals surface area contributed by atoms with Crippen molar-refractivity contribution in [3.8, 4) is 5.75 Å². The van der Waals surface area contributed by atoms with Gasteiger partial charge in [-0.05, 0) is 50.0 Å². The van der Waals surface area contributed by atoms with Crippen molar-refractivity contribution in [2.75, 3.05) is 25.0 Å². The molecule has 0 aliphatic carbocycles. The topological polar surface area (TPSA) is 72.3 Å². The first-order chi connectivity index (χ1) is 12.8. The molecule has 0 radical (unpaired) electrons. The van der Waals surface area contributed by atoms with Gasteiger partial charge in [0.15, 0.2) is 6.61 Å². The average Bonchev–Trinajstić information content (AvgIpc) is 3.26. The third kappa shape index (κ3) is 2.86. The van der Waals surface area contributed by atoms with Crippen LogP contribution in [0.1, 0.15) is 42.4 Å². The summed E-state index contributed by atoms with van der Waals surface area (Å²) in [6, 6.07) is 6.08. The van der Waals surface area contributed by atoms with Gasteiger partial charge in [-0.15, -0.1) is 10.2 Å². The lowest BCUT2D eigenvalue weighted by molar-refractivity contribution is -0.118. The zero-order valence-electron chi connectivity index (χ0n) is 14.8. The molecular formula is C19H23N5O2. The zero-order chi connectivity index (χ0) is 17.5. The van der Waals surface area contributed by atoms with E-state index in [-0.39, 0.29) is 12.5 Å². The first-order valence-corrected chi connectivity index (χ1v) is 9.46. The van der Waals surface area contributed by atoms with Crippen LogP contribution < -0.4 is 10.1 Å². The molecule has 1 aromatic heterocycles. The number of hydrogen-bond donors (Lipinski definition) is 1. The highest BCUT2D eigenvalue weighted by Gasteiger charge is 2.27. The summed E-state index contributed by atoms with van der Waals surface area (Å²) in [5, 5.41) is 11.7. The Morgan fingerprint density at radius 3 is 2.96 bits per heavy atom. The number of aromatic nitrogens is 3. The van der Waals surface area contributed by atoms with E-state index in [1.807, 2.05) is 12.1 Å². The summed E-state index contributed by atoms with van der Waals surface area (Å²) in [6.07, 6.45) is 4.53. The van der Waals surface area contributed by atoms with Crippen molar-refractivity contribution in [1.29, 1.82) is 0 Å². The van der Waals surface area contributed by atoms with Crippen molar-refractivity contribution >= 4 is 11.6 Å². The monoisotopic (exact) mass is 353 g/mol. The number of likely N-dealkylation sites (tertiary alicyclic amines) is 1. The van der Waals surface area contributed by atoms with Crippen molar-refractivity contribution in [1.82, 2.24) is 19.7 Å². The average molecular weight is 353 g/mol. The van der Waals surface area contributed by atoms with Crippen molar-refractivity contribution in [2.45, 2.75) is 44.7 Å². The van der Waals surface area contributed by atoms with Crippen molar-refractivity contribution in [3.05, 3.63) is 35.4 Å². The number of amides is 1. The summed E-state index contributed by atoms with van der Waals surface area (Å²) in [7, 11) is 0. The Bertz CT molecular complexity index is 838. The predicted octanol–water partition coefficient (Wildman–Crippen LogP) is 1.93. The van der Waals surface area contributed by atoms with E-state index in [1.165, 1.54) is 23.6 Å². The minimum absolute atomic E-state index is 0.0868. The normalized spacial score (nSPS) is 20.4. The summed E-state index contributed by atoms with van der Waals surface area (Å²) in [5.74, 6) is 3.57. The molecule has 4 heterocycles. The summed E-state index contributed by atoms with van der Waals surface area (Å²) in [6.45, 7) is 4.21. The fraction of sp³-hybridized carbons (Fsp3) is 0.526. The molecule has 3 aliphatic heterocycles.